The van der Waals surface area contributed by atoms with Crippen molar-refractivity contribution in [3.05, 3.63) is 67.4 Å². The van der Waals surface area contributed by atoms with Crippen LogP contribution in [0.25, 0.3) is 21.6 Å². The predicted octanol–water partition coefficient (Wildman–Crippen LogP) is 9.05. The number of halogens is 3. The molecular formula is C26H26BrCl2NOS. The lowest BCUT2D eigenvalue weighted by Crippen LogP contribution is -2.29. The highest BCUT2D eigenvalue weighted by atomic mass is 79.9. The molecule has 168 valence electrons. The molecule has 1 fully saturated rings. The van der Waals surface area contributed by atoms with Crippen molar-refractivity contribution in [3.63, 3.8) is 0 Å². The van der Waals surface area contributed by atoms with Gasteiger partial charge in [-0.25, -0.2) is 0 Å². The van der Waals surface area contributed by atoms with Crippen LogP contribution in [-0.2, 0) is 11.3 Å². The Morgan fingerprint density at radius 2 is 1.75 bits per heavy atom. The van der Waals surface area contributed by atoms with E-state index in [1.807, 2.05) is 24.3 Å². The van der Waals surface area contributed by atoms with Gasteiger partial charge in [-0.3, -0.25) is 4.79 Å². The Kier molecular flexibility index (Phi) is 7.99. The summed E-state index contributed by atoms with van der Waals surface area (Å²) < 4.78 is 1.04. The van der Waals surface area contributed by atoms with Crippen LogP contribution in [0.4, 0.5) is 0 Å². The summed E-state index contributed by atoms with van der Waals surface area (Å²) in [7, 11) is 0. The minimum Gasteiger partial charge on any atom is -0.351 e. The average Bonchev–Trinajstić information content (AvgIpc) is 2.94. The van der Waals surface area contributed by atoms with Gasteiger partial charge < -0.3 is 5.32 Å². The summed E-state index contributed by atoms with van der Waals surface area (Å²) in [5, 5.41) is 4.47. The zero-order valence-corrected chi connectivity index (χ0v) is 21.9. The molecule has 4 rings (SSSR count). The minimum atomic E-state index is 0.147. The highest BCUT2D eigenvalue weighted by Crippen LogP contribution is 2.45. The first-order chi connectivity index (χ1) is 15.4. The Balaban J connectivity index is 1.67. The van der Waals surface area contributed by atoms with Crippen molar-refractivity contribution in [2.75, 3.05) is 0 Å². The van der Waals surface area contributed by atoms with Gasteiger partial charge in [0.05, 0.1) is 11.6 Å². The third-order valence-electron chi connectivity index (χ3n) is 6.20. The first kappa shape index (κ1) is 23.8. The van der Waals surface area contributed by atoms with E-state index in [0.29, 0.717) is 16.6 Å². The van der Waals surface area contributed by atoms with E-state index in [1.165, 1.54) is 18.4 Å². The molecule has 1 amide bonds. The van der Waals surface area contributed by atoms with E-state index in [2.05, 4.69) is 40.3 Å². The molecule has 6 heteroatoms. The Morgan fingerprint density at radius 1 is 1.06 bits per heavy atom. The van der Waals surface area contributed by atoms with E-state index in [0.717, 1.165) is 56.6 Å². The van der Waals surface area contributed by atoms with Gasteiger partial charge in [0, 0.05) is 36.3 Å². The maximum absolute atomic E-state index is 12.8. The number of carbonyl (C=O) groups excluding carboxylic acids is 1. The molecule has 0 saturated heterocycles. The van der Waals surface area contributed by atoms with Gasteiger partial charge in [-0.1, -0.05) is 83.0 Å². The van der Waals surface area contributed by atoms with E-state index in [9.17, 15) is 4.79 Å². The molecule has 1 aromatic heterocycles. The van der Waals surface area contributed by atoms with Crippen LogP contribution >= 0.6 is 50.5 Å². The molecule has 0 bridgehead atoms. The van der Waals surface area contributed by atoms with E-state index in [-0.39, 0.29) is 11.8 Å². The quantitative estimate of drug-likeness (QED) is 0.315. The lowest BCUT2D eigenvalue weighted by atomic mass is 9.97. The molecule has 32 heavy (non-hydrogen) atoms. The first-order valence-corrected chi connectivity index (χ1v) is 13.4. The van der Waals surface area contributed by atoms with Crippen molar-refractivity contribution in [2.24, 2.45) is 5.92 Å². The lowest BCUT2D eigenvalue weighted by Gasteiger charge is -2.14. The van der Waals surface area contributed by atoms with Crippen LogP contribution in [-0.4, -0.2) is 5.91 Å². The standard InChI is InChI=1S/C26H26BrCl2NOS/c1-16-23(15-30-26(31)18-6-4-2-3-5-7-18)32-25(21-13-12-20(28)14-22(21)29)24(16)17-8-10-19(27)11-9-17/h8-14,18H,2-7,15H2,1H3,(H,30,31). The third-order valence-corrected chi connectivity index (χ3v) is 8.60. The van der Waals surface area contributed by atoms with Crippen LogP contribution in [0.5, 0.6) is 0 Å². The molecule has 3 aromatic rings. The van der Waals surface area contributed by atoms with Gasteiger partial charge in [0.1, 0.15) is 0 Å². The van der Waals surface area contributed by atoms with E-state index < -0.39 is 0 Å². The zero-order valence-electron chi connectivity index (χ0n) is 18.0. The molecule has 0 spiro atoms. The van der Waals surface area contributed by atoms with Gasteiger partial charge in [-0.05, 0) is 55.2 Å². The lowest BCUT2D eigenvalue weighted by molar-refractivity contribution is -0.125. The van der Waals surface area contributed by atoms with Gasteiger partial charge in [0.15, 0.2) is 0 Å². The monoisotopic (exact) mass is 549 g/mol. The number of thiophene rings is 1. The van der Waals surface area contributed by atoms with Gasteiger partial charge in [-0.15, -0.1) is 11.3 Å². The summed E-state index contributed by atoms with van der Waals surface area (Å²) in [6, 6.07) is 14.0. The van der Waals surface area contributed by atoms with Crippen molar-refractivity contribution in [1.29, 1.82) is 0 Å². The minimum absolute atomic E-state index is 0.147. The molecule has 1 aliphatic carbocycles. The van der Waals surface area contributed by atoms with Crippen molar-refractivity contribution in [3.8, 4) is 21.6 Å². The summed E-state index contributed by atoms with van der Waals surface area (Å²) in [5.41, 5.74) is 4.43. The molecule has 1 aliphatic rings. The predicted molar refractivity (Wildman–Crippen MR) is 141 cm³/mol. The van der Waals surface area contributed by atoms with Gasteiger partial charge in [-0.2, -0.15) is 0 Å². The second-order valence-corrected chi connectivity index (χ2v) is 11.3. The van der Waals surface area contributed by atoms with Gasteiger partial charge in [0.25, 0.3) is 0 Å². The summed E-state index contributed by atoms with van der Waals surface area (Å²) >= 11 is 18.0. The fourth-order valence-corrected chi connectivity index (χ4v) is 6.54. The summed E-state index contributed by atoms with van der Waals surface area (Å²) in [6.07, 6.45) is 6.81. The Hall–Kier alpha value is -1.33. The number of hydrogen-bond acceptors (Lipinski definition) is 2. The molecule has 1 N–H and O–H groups in total. The van der Waals surface area contributed by atoms with Crippen LogP contribution in [0, 0.1) is 12.8 Å². The Bertz CT molecular complexity index is 1100. The summed E-state index contributed by atoms with van der Waals surface area (Å²) in [6.45, 7) is 2.68. The van der Waals surface area contributed by atoms with Crippen molar-refractivity contribution < 1.29 is 4.79 Å². The smallest absolute Gasteiger partial charge is 0.223 e. The molecule has 0 unspecified atom stereocenters. The molecule has 1 heterocycles. The number of rotatable bonds is 5. The summed E-state index contributed by atoms with van der Waals surface area (Å²) in [4.78, 5) is 15.1. The Labute approximate surface area is 212 Å². The number of benzene rings is 2. The number of amides is 1. The van der Waals surface area contributed by atoms with Gasteiger partial charge >= 0.3 is 0 Å². The van der Waals surface area contributed by atoms with E-state index >= 15 is 0 Å². The van der Waals surface area contributed by atoms with E-state index in [1.54, 1.807) is 17.4 Å². The molecule has 2 aromatic carbocycles. The maximum Gasteiger partial charge on any atom is 0.223 e. The van der Waals surface area contributed by atoms with Crippen LogP contribution in [0.15, 0.2) is 46.9 Å². The fraction of sp³-hybridized carbons (Fsp3) is 0.346. The largest absolute Gasteiger partial charge is 0.351 e. The van der Waals surface area contributed by atoms with Crippen molar-refractivity contribution >= 4 is 56.4 Å². The normalized spacial score (nSPS) is 14.9. The van der Waals surface area contributed by atoms with Crippen LogP contribution in [0.1, 0.15) is 49.0 Å². The SMILES string of the molecule is Cc1c(CNC(=O)C2CCCCCC2)sc(-c2ccc(Cl)cc2Cl)c1-c1ccc(Br)cc1. The topological polar surface area (TPSA) is 29.1 Å². The molecule has 1 saturated carbocycles. The number of nitrogens with one attached hydrogen (secondary N) is 1. The first-order valence-electron chi connectivity index (χ1n) is 11.1. The van der Waals surface area contributed by atoms with Gasteiger partial charge in [0.2, 0.25) is 5.91 Å². The van der Waals surface area contributed by atoms with Crippen molar-refractivity contribution in [1.82, 2.24) is 5.32 Å². The summed E-state index contributed by atoms with van der Waals surface area (Å²) in [5.74, 6) is 0.338. The molecular weight excluding hydrogens is 525 g/mol. The van der Waals surface area contributed by atoms with Crippen molar-refractivity contribution in [2.45, 2.75) is 52.0 Å². The van der Waals surface area contributed by atoms with Crippen LogP contribution in [0.3, 0.4) is 0 Å². The second kappa shape index (κ2) is 10.7. The highest BCUT2D eigenvalue weighted by molar-refractivity contribution is 9.10. The molecule has 2 nitrogen and oxygen atoms in total. The molecule has 0 aliphatic heterocycles. The maximum atomic E-state index is 12.8. The zero-order chi connectivity index (χ0) is 22.7. The molecule has 0 atom stereocenters. The average molecular weight is 551 g/mol. The second-order valence-electron chi connectivity index (χ2n) is 8.39. The highest BCUT2D eigenvalue weighted by Gasteiger charge is 2.23. The van der Waals surface area contributed by atoms with Crippen LogP contribution in [0.2, 0.25) is 10.0 Å². The number of hydrogen-bond donors (Lipinski definition) is 1. The molecule has 0 radical (unpaired) electrons. The Morgan fingerprint density at radius 3 is 2.41 bits per heavy atom. The van der Waals surface area contributed by atoms with E-state index in [4.69, 9.17) is 23.2 Å². The third kappa shape index (κ3) is 5.41. The number of carbonyl (C=O) groups is 1. The van der Waals surface area contributed by atoms with Crippen LogP contribution < -0.4 is 5.32 Å². The fourth-order valence-electron chi connectivity index (χ4n) is 4.41.